The Balaban J connectivity index is 0.00000209. The minimum absolute atomic E-state index is 0.0788. The number of carboxylic acid groups (broad SMARTS) is 1. The van der Waals surface area contributed by atoms with Gasteiger partial charge in [-0.05, 0) is 65.8 Å². The van der Waals surface area contributed by atoms with E-state index in [4.69, 9.17) is 19.4 Å². The molecule has 2 heterocycles. The van der Waals surface area contributed by atoms with Crippen LogP contribution in [0.3, 0.4) is 0 Å². The number of carbonyl (C=O) groups excluding carboxylic acids is 4. The van der Waals surface area contributed by atoms with Crippen LogP contribution in [-0.2, 0) is 23.9 Å². The monoisotopic (exact) mass is 708 g/mol. The summed E-state index contributed by atoms with van der Waals surface area (Å²) in [6.45, 7) is 10.9. The lowest BCUT2D eigenvalue weighted by molar-refractivity contribution is -0.155. The van der Waals surface area contributed by atoms with E-state index in [1.54, 1.807) is 53.7 Å². The van der Waals surface area contributed by atoms with Crippen LogP contribution in [0.1, 0.15) is 75.1 Å². The first-order chi connectivity index (χ1) is 23.1. The van der Waals surface area contributed by atoms with Crippen molar-refractivity contribution < 1.29 is 38.6 Å². The molecule has 0 aliphatic carbocycles. The van der Waals surface area contributed by atoms with Gasteiger partial charge in [0.25, 0.3) is 18.3 Å². The van der Waals surface area contributed by atoms with E-state index >= 15 is 0 Å². The van der Waals surface area contributed by atoms with Crippen LogP contribution in [0.15, 0.2) is 70.7 Å². The van der Waals surface area contributed by atoms with Gasteiger partial charge in [0.15, 0.2) is 0 Å². The lowest BCUT2D eigenvalue weighted by atomic mass is 10.1. The average molecular weight is 709 g/mol. The summed E-state index contributed by atoms with van der Waals surface area (Å²) in [6.07, 6.45) is 3.21. The molecule has 14 heteroatoms. The summed E-state index contributed by atoms with van der Waals surface area (Å²) in [7, 11) is 3.04. The largest absolute Gasteiger partial charge is 0.483 e. The summed E-state index contributed by atoms with van der Waals surface area (Å²) in [4.78, 5) is 68.6. The Bertz CT molecular complexity index is 1690. The Hall–Kier alpha value is -4.69. The van der Waals surface area contributed by atoms with Gasteiger partial charge in [0.05, 0.1) is 35.0 Å². The summed E-state index contributed by atoms with van der Waals surface area (Å²) in [5.41, 5.74) is 1.15. The molecule has 2 aromatic heterocycles. The highest BCUT2D eigenvalue weighted by Crippen LogP contribution is 2.42. The summed E-state index contributed by atoms with van der Waals surface area (Å²) < 4.78 is 10.6. The molecule has 4 rings (SSSR count). The number of ether oxygens (including phenoxy) is 2. The predicted octanol–water partition coefficient (Wildman–Crippen LogP) is 6.21. The molecule has 0 spiro atoms. The second-order valence-corrected chi connectivity index (χ2v) is 14.8. The number of para-hydroxylation sites is 2. The van der Waals surface area contributed by atoms with Crippen molar-refractivity contribution in [3.63, 3.8) is 0 Å². The molecule has 49 heavy (non-hydrogen) atoms. The van der Waals surface area contributed by atoms with Crippen molar-refractivity contribution in [3.05, 3.63) is 72.1 Å². The van der Waals surface area contributed by atoms with E-state index in [0.29, 0.717) is 11.1 Å². The van der Waals surface area contributed by atoms with Crippen molar-refractivity contribution >= 4 is 73.6 Å². The molecule has 2 aromatic carbocycles. The fourth-order valence-electron chi connectivity index (χ4n) is 4.28. The maximum absolute atomic E-state index is 12.7. The topological polar surface area (TPSA) is 174 Å². The van der Waals surface area contributed by atoms with E-state index in [2.05, 4.69) is 20.6 Å². The Morgan fingerprint density at radius 2 is 1.08 bits per heavy atom. The molecule has 4 aromatic rings. The molecule has 0 aliphatic rings. The van der Waals surface area contributed by atoms with E-state index < -0.39 is 11.2 Å². The number of amides is 2. The van der Waals surface area contributed by atoms with Gasteiger partial charge in [-0.15, -0.1) is 0 Å². The molecule has 0 saturated heterocycles. The maximum atomic E-state index is 12.7. The molecule has 260 valence electrons. The molecule has 0 saturated carbocycles. The highest BCUT2D eigenvalue weighted by molar-refractivity contribution is 8.76. The van der Waals surface area contributed by atoms with Crippen LogP contribution < -0.4 is 10.6 Å². The zero-order valence-corrected chi connectivity index (χ0v) is 29.8. The fraction of sp³-hybridized carbons (Fsp3) is 0.343. The van der Waals surface area contributed by atoms with Crippen LogP contribution >= 0.6 is 21.6 Å². The summed E-state index contributed by atoms with van der Waals surface area (Å²) in [5.74, 6) is -1.38. The SMILES string of the molecule is CC(C)(C)OC(=O)CCNC(=O)c1cnc2c(SSc3cccc4cc(C(=O)NCCC(=O)OC(C)(C)C)cnc34)cccc2c1.O=CO. The third-order valence-electron chi connectivity index (χ3n) is 6.16. The number of rotatable bonds is 11. The molecular weight excluding hydrogens is 669 g/mol. The number of esters is 2. The number of pyridine rings is 2. The van der Waals surface area contributed by atoms with Gasteiger partial charge in [0.1, 0.15) is 11.2 Å². The number of aromatic nitrogens is 2. The van der Waals surface area contributed by atoms with Crippen LogP contribution in [0.2, 0.25) is 0 Å². The van der Waals surface area contributed by atoms with Gasteiger partial charge >= 0.3 is 11.9 Å². The second kappa shape index (κ2) is 17.6. The number of nitrogens with zero attached hydrogens (tertiary/aromatic N) is 2. The normalized spacial score (nSPS) is 11.2. The van der Waals surface area contributed by atoms with E-state index in [1.807, 2.05) is 36.4 Å². The maximum Gasteiger partial charge on any atom is 0.308 e. The van der Waals surface area contributed by atoms with Crippen molar-refractivity contribution in [1.29, 1.82) is 0 Å². The van der Waals surface area contributed by atoms with Crippen molar-refractivity contribution in [2.24, 2.45) is 0 Å². The third kappa shape index (κ3) is 12.7. The van der Waals surface area contributed by atoms with Crippen LogP contribution in [0.4, 0.5) is 0 Å². The van der Waals surface area contributed by atoms with Crippen molar-refractivity contribution in [3.8, 4) is 0 Å². The van der Waals surface area contributed by atoms with Gasteiger partial charge in [-0.25, -0.2) is 0 Å². The van der Waals surface area contributed by atoms with E-state index in [1.165, 1.54) is 34.0 Å². The van der Waals surface area contributed by atoms with E-state index in [-0.39, 0.29) is 56.2 Å². The molecule has 0 bridgehead atoms. The van der Waals surface area contributed by atoms with Gasteiger partial charge < -0.3 is 25.2 Å². The lowest BCUT2D eigenvalue weighted by Gasteiger charge is -2.19. The van der Waals surface area contributed by atoms with Crippen molar-refractivity contribution in [1.82, 2.24) is 20.6 Å². The fourth-order valence-corrected chi connectivity index (χ4v) is 6.58. The molecule has 12 nitrogen and oxygen atoms in total. The Morgan fingerprint density at radius 3 is 1.43 bits per heavy atom. The van der Waals surface area contributed by atoms with Crippen molar-refractivity contribution in [2.75, 3.05) is 13.1 Å². The Labute approximate surface area is 292 Å². The summed E-state index contributed by atoms with van der Waals surface area (Å²) >= 11 is 0. The molecular formula is C35H40N4O8S2. The van der Waals surface area contributed by atoms with Crippen LogP contribution in [-0.4, -0.2) is 69.6 Å². The molecule has 0 fully saturated rings. The minimum atomic E-state index is -0.574. The molecule has 0 aliphatic heterocycles. The second-order valence-electron chi connectivity index (χ2n) is 12.6. The zero-order valence-electron chi connectivity index (χ0n) is 28.2. The van der Waals surface area contributed by atoms with Gasteiger partial charge in [-0.1, -0.05) is 45.9 Å². The highest BCUT2D eigenvalue weighted by Gasteiger charge is 2.18. The van der Waals surface area contributed by atoms with E-state index in [9.17, 15) is 19.2 Å². The number of nitrogens with one attached hydrogen (secondary N) is 2. The standard InChI is InChI=1S/C34H38N4O6S2.CH2O2/c1-33(2,3)43-27(39)13-15-35-31(41)23-17-21-9-7-11-25(29(21)37-19-23)45-46-26-12-8-10-22-18-24(20-38-30(22)26)32(42)36-16-14-28(40)44-34(4,5)6;2-1-3/h7-12,17-20H,13-16H2,1-6H3,(H,35,41)(H,36,42);1H,(H,2,3). The molecule has 0 atom stereocenters. The van der Waals surface area contributed by atoms with Gasteiger partial charge in [-0.2, -0.15) is 0 Å². The number of benzene rings is 2. The van der Waals surface area contributed by atoms with Crippen LogP contribution in [0, 0.1) is 0 Å². The van der Waals surface area contributed by atoms with Gasteiger partial charge in [-0.3, -0.25) is 33.9 Å². The highest BCUT2D eigenvalue weighted by atomic mass is 33.1. The first-order valence-corrected chi connectivity index (χ1v) is 17.4. The number of carbonyl (C=O) groups is 5. The number of hydrogen-bond acceptors (Lipinski definition) is 11. The summed E-state index contributed by atoms with van der Waals surface area (Å²) in [5, 5.41) is 14.0. The lowest BCUT2D eigenvalue weighted by Crippen LogP contribution is -2.29. The zero-order chi connectivity index (χ0) is 36.2. The number of hydrogen-bond donors (Lipinski definition) is 3. The minimum Gasteiger partial charge on any atom is -0.483 e. The number of fused-ring (bicyclic) bond motifs is 2. The first-order valence-electron chi connectivity index (χ1n) is 15.3. The molecule has 0 unspecified atom stereocenters. The van der Waals surface area contributed by atoms with Gasteiger partial charge in [0, 0.05) is 46.0 Å². The summed E-state index contributed by atoms with van der Waals surface area (Å²) in [6, 6.07) is 15.1. The molecule has 3 N–H and O–H groups in total. The Morgan fingerprint density at radius 1 is 0.714 bits per heavy atom. The van der Waals surface area contributed by atoms with Crippen molar-refractivity contribution in [2.45, 2.75) is 75.4 Å². The van der Waals surface area contributed by atoms with Gasteiger partial charge in [0.2, 0.25) is 0 Å². The smallest absolute Gasteiger partial charge is 0.308 e. The average Bonchev–Trinajstić information content (AvgIpc) is 3.01. The van der Waals surface area contributed by atoms with Crippen LogP contribution in [0.5, 0.6) is 0 Å². The Kier molecular flexibility index (Phi) is 13.9. The van der Waals surface area contributed by atoms with E-state index in [0.717, 1.165) is 31.6 Å². The first kappa shape index (κ1) is 38.8. The predicted molar refractivity (Wildman–Crippen MR) is 189 cm³/mol. The van der Waals surface area contributed by atoms with Crippen LogP contribution in [0.25, 0.3) is 21.8 Å². The molecule has 0 radical (unpaired) electrons. The third-order valence-corrected chi connectivity index (χ3v) is 8.59. The molecule has 2 amide bonds. The quantitative estimate of drug-likeness (QED) is 0.0915.